The van der Waals surface area contributed by atoms with Gasteiger partial charge in [-0.1, -0.05) is 30.1 Å². The van der Waals surface area contributed by atoms with Crippen LogP contribution in [0.2, 0.25) is 10.0 Å². The second-order valence-corrected chi connectivity index (χ2v) is 6.97. The van der Waals surface area contributed by atoms with Crippen LogP contribution in [0.25, 0.3) is 0 Å². The topological polar surface area (TPSA) is 46.5 Å². The summed E-state index contributed by atoms with van der Waals surface area (Å²) >= 11 is 13.5. The summed E-state index contributed by atoms with van der Waals surface area (Å²) < 4.78 is 5.12. The van der Waals surface area contributed by atoms with Crippen LogP contribution in [-0.2, 0) is 0 Å². The lowest BCUT2D eigenvalue weighted by Crippen LogP contribution is -2.00. The molecule has 0 amide bonds. The van der Waals surface area contributed by atoms with Crippen molar-refractivity contribution in [3.05, 3.63) is 51.5 Å². The van der Waals surface area contributed by atoms with Gasteiger partial charge in [0, 0.05) is 21.8 Å². The number of benzene rings is 2. The SMILES string of the molecule is COc1cc(C=O)cc(C(C)CSc2ccc(Cl)c(Cl)c2)c1O. The number of aromatic hydroxyl groups is 1. The van der Waals surface area contributed by atoms with E-state index in [4.69, 9.17) is 27.9 Å². The monoisotopic (exact) mass is 370 g/mol. The van der Waals surface area contributed by atoms with E-state index in [0.717, 1.165) is 11.2 Å². The molecule has 3 nitrogen and oxygen atoms in total. The Balaban J connectivity index is 2.18. The number of phenolic OH excluding ortho intramolecular Hbond substituents is 1. The van der Waals surface area contributed by atoms with Crippen LogP contribution >= 0.6 is 35.0 Å². The molecule has 2 rings (SSSR count). The molecule has 0 bridgehead atoms. The van der Waals surface area contributed by atoms with Crippen LogP contribution in [0.3, 0.4) is 0 Å². The van der Waals surface area contributed by atoms with Crippen molar-refractivity contribution in [2.24, 2.45) is 0 Å². The van der Waals surface area contributed by atoms with Crippen LogP contribution < -0.4 is 4.74 Å². The maximum absolute atomic E-state index is 11.0. The fraction of sp³-hybridized carbons (Fsp3) is 0.235. The molecule has 1 N–H and O–H groups in total. The number of aldehydes is 1. The molecule has 0 saturated carbocycles. The number of halogens is 2. The molecule has 0 radical (unpaired) electrons. The maximum Gasteiger partial charge on any atom is 0.161 e. The normalized spacial score (nSPS) is 12.0. The molecule has 0 heterocycles. The summed E-state index contributed by atoms with van der Waals surface area (Å²) in [5.41, 5.74) is 1.15. The predicted octanol–water partition coefficient (Wildman–Crippen LogP) is 5.42. The zero-order chi connectivity index (χ0) is 17.0. The van der Waals surface area contributed by atoms with E-state index in [2.05, 4.69) is 0 Å². The Morgan fingerprint density at radius 3 is 2.61 bits per heavy atom. The highest BCUT2D eigenvalue weighted by atomic mass is 35.5. The summed E-state index contributed by atoms with van der Waals surface area (Å²) in [7, 11) is 1.46. The number of carbonyl (C=O) groups is 1. The molecule has 0 aliphatic carbocycles. The average molecular weight is 371 g/mol. The van der Waals surface area contributed by atoms with Crippen LogP contribution in [0.5, 0.6) is 11.5 Å². The molecule has 23 heavy (non-hydrogen) atoms. The van der Waals surface area contributed by atoms with Crippen LogP contribution in [0.4, 0.5) is 0 Å². The third kappa shape index (κ3) is 4.34. The van der Waals surface area contributed by atoms with Gasteiger partial charge in [0.05, 0.1) is 17.2 Å². The molecule has 2 aromatic rings. The van der Waals surface area contributed by atoms with Crippen molar-refractivity contribution in [2.45, 2.75) is 17.7 Å². The molecular formula is C17H16Cl2O3S. The van der Waals surface area contributed by atoms with Gasteiger partial charge in [-0.3, -0.25) is 4.79 Å². The molecule has 6 heteroatoms. The van der Waals surface area contributed by atoms with Gasteiger partial charge in [-0.05, 0) is 36.2 Å². The van der Waals surface area contributed by atoms with E-state index in [1.54, 1.807) is 23.9 Å². The Morgan fingerprint density at radius 2 is 2.00 bits per heavy atom. The molecule has 0 fully saturated rings. The van der Waals surface area contributed by atoms with Crippen molar-refractivity contribution < 1.29 is 14.6 Å². The Labute approximate surface area is 149 Å². The second kappa shape index (κ2) is 7.95. The van der Waals surface area contributed by atoms with Crippen LogP contribution in [-0.4, -0.2) is 24.3 Å². The van der Waals surface area contributed by atoms with Crippen molar-refractivity contribution in [3.63, 3.8) is 0 Å². The van der Waals surface area contributed by atoms with E-state index in [1.165, 1.54) is 13.2 Å². The van der Waals surface area contributed by atoms with Gasteiger partial charge in [0.2, 0.25) is 0 Å². The smallest absolute Gasteiger partial charge is 0.161 e. The fourth-order valence-electron chi connectivity index (χ4n) is 2.13. The van der Waals surface area contributed by atoms with Gasteiger partial charge in [0.1, 0.15) is 6.29 Å². The van der Waals surface area contributed by atoms with Gasteiger partial charge in [-0.15, -0.1) is 11.8 Å². The lowest BCUT2D eigenvalue weighted by Gasteiger charge is -2.16. The number of ether oxygens (including phenoxy) is 1. The van der Waals surface area contributed by atoms with E-state index in [0.29, 0.717) is 32.7 Å². The first-order valence-electron chi connectivity index (χ1n) is 6.90. The van der Waals surface area contributed by atoms with E-state index in [9.17, 15) is 9.90 Å². The van der Waals surface area contributed by atoms with Gasteiger partial charge >= 0.3 is 0 Å². The van der Waals surface area contributed by atoms with Gasteiger partial charge in [-0.25, -0.2) is 0 Å². The summed E-state index contributed by atoms with van der Waals surface area (Å²) in [6.07, 6.45) is 0.740. The quantitative estimate of drug-likeness (QED) is 0.544. The first-order chi connectivity index (χ1) is 11.0. The van der Waals surface area contributed by atoms with E-state index < -0.39 is 0 Å². The highest BCUT2D eigenvalue weighted by Gasteiger charge is 2.16. The van der Waals surface area contributed by atoms with Crippen molar-refractivity contribution >= 4 is 41.2 Å². The number of rotatable bonds is 6. The summed E-state index contributed by atoms with van der Waals surface area (Å²) in [6, 6.07) is 8.66. The molecule has 122 valence electrons. The van der Waals surface area contributed by atoms with Crippen molar-refractivity contribution in [1.82, 2.24) is 0 Å². The molecule has 0 saturated heterocycles. The van der Waals surface area contributed by atoms with Crippen molar-refractivity contribution in [2.75, 3.05) is 12.9 Å². The van der Waals surface area contributed by atoms with Gasteiger partial charge in [0.15, 0.2) is 11.5 Å². The van der Waals surface area contributed by atoms with Crippen LogP contribution in [0, 0.1) is 0 Å². The highest BCUT2D eigenvalue weighted by Crippen LogP contribution is 2.38. The molecule has 0 spiro atoms. The number of hydrogen-bond acceptors (Lipinski definition) is 4. The summed E-state index contributed by atoms with van der Waals surface area (Å²) in [5, 5.41) is 11.3. The average Bonchev–Trinajstić information content (AvgIpc) is 2.55. The Morgan fingerprint density at radius 1 is 1.26 bits per heavy atom. The predicted molar refractivity (Wildman–Crippen MR) is 95.6 cm³/mol. The molecule has 2 aromatic carbocycles. The van der Waals surface area contributed by atoms with Crippen molar-refractivity contribution in [1.29, 1.82) is 0 Å². The fourth-order valence-corrected chi connectivity index (χ4v) is 3.48. The van der Waals surface area contributed by atoms with E-state index in [1.807, 2.05) is 19.1 Å². The van der Waals surface area contributed by atoms with Crippen molar-refractivity contribution in [3.8, 4) is 11.5 Å². The summed E-state index contributed by atoms with van der Waals surface area (Å²) in [4.78, 5) is 12.0. The van der Waals surface area contributed by atoms with E-state index >= 15 is 0 Å². The van der Waals surface area contributed by atoms with Gasteiger partial charge in [-0.2, -0.15) is 0 Å². The lowest BCUT2D eigenvalue weighted by molar-refractivity contribution is 0.112. The van der Waals surface area contributed by atoms with Gasteiger partial charge < -0.3 is 9.84 Å². The Bertz CT molecular complexity index is 719. The third-order valence-corrected chi connectivity index (χ3v) is 5.40. The van der Waals surface area contributed by atoms with Crippen LogP contribution in [0.15, 0.2) is 35.2 Å². The second-order valence-electron chi connectivity index (χ2n) is 5.07. The molecule has 1 unspecified atom stereocenters. The minimum absolute atomic E-state index is 0.0169. The zero-order valence-corrected chi connectivity index (χ0v) is 15.0. The van der Waals surface area contributed by atoms with Crippen LogP contribution in [0.1, 0.15) is 28.8 Å². The largest absolute Gasteiger partial charge is 0.504 e. The maximum atomic E-state index is 11.0. The van der Waals surface area contributed by atoms with Gasteiger partial charge in [0.25, 0.3) is 0 Å². The first kappa shape index (κ1) is 18.0. The zero-order valence-electron chi connectivity index (χ0n) is 12.7. The molecule has 0 aromatic heterocycles. The molecule has 0 aliphatic heterocycles. The standard InChI is InChI=1S/C17H16Cl2O3S/c1-10(9-23-12-3-4-14(18)15(19)7-12)13-5-11(8-20)6-16(22-2)17(13)21/h3-8,10,21H,9H2,1-2H3. The minimum Gasteiger partial charge on any atom is -0.504 e. The lowest BCUT2D eigenvalue weighted by atomic mass is 9.99. The molecule has 0 aliphatic rings. The van der Waals surface area contributed by atoms with E-state index in [-0.39, 0.29) is 11.7 Å². The Kier molecular flexibility index (Phi) is 6.22. The molecular weight excluding hydrogens is 355 g/mol. The number of hydrogen-bond donors (Lipinski definition) is 1. The number of phenols is 1. The number of methoxy groups -OCH3 is 1. The summed E-state index contributed by atoms with van der Waals surface area (Å²) in [6.45, 7) is 1.98. The summed E-state index contributed by atoms with van der Waals surface area (Å²) in [5.74, 6) is 1.09. The minimum atomic E-state index is 0.0169. The first-order valence-corrected chi connectivity index (χ1v) is 8.64. The third-order valence-electron chi connectivity index (χ3n) is 3.40. The Hall–Kier alpha value is -1.36. The number of carbonyl (C=O) groups excluding carboxylic acids is 1. The highest BCUT2D eigenvalue weighted by molar-refractivity contribution is 7.99. The number of thioether (sulfide) groups is 1. The molecule has 1 atom stereocenters.